The van der Waals surface area contributed by atoms with Crippen molar-refractivity contribution in [1.82, 2.24) is 0 Å². The fourth-order valence-electron chi connectivity index (χ4n) is 2.27. The van der Waals surface area contributed by atoms with Crippen LogP contribution < -0.4 is 15.4 Å². The number of carboxylic acid groups (broad SMARTS) is 1. The molecule has 8 heteroatoms. The van der Waals surface area contributed by atoms with Crippen molar-refractivity contribution in [1.29, 1.82) is 0 Å². The summed E-state index contributed by atoms with van der Waals surface area (Å²) >= 11 is 1.36. The minimum Gasteiger partial charge on any atom is -0.497 e. The lowest BCUT2D eigenvalue weighted by Crippen LogP contribution is -2.22. The van der Waals surface area contributed by atoms with E-state index < -0.39 is 5.97 Å². The number of carbonyl (C=O) groups is 3. The van der Waals surface area contributed by atoms with Gasteiger partial charge in [-0.1, -0.05) is 6.07 Å². The van der Waals surface area contributed by atoms with Crippen LogP contribution in [0.25, 0.3) is 0 Å². The zero-order valence-electron chi connectivity index (χ0n) is 15.6. The molecule has 2 aromatic carbocycles. The van der Waals surface area contributed by atoms with Gasteiger partial charge in [0.1, 0.15) is 5.75 Å². The van der Waals surface area contributed by atoms with Crippen molar-refractivity contribution in [3.63, 3.8) is 0 Å². The third kappa shape index (κ3) is 6.96. The summed E-state index contributed by atoms with van der Waals surface area (Å²) in [5.74, 6) is -0.820. The first kappa shape index (κ1) is 21.3. The fraction of sp³-hybridized carbons (Fsp3) is 0.250. The molecule has 0 bridgehead atoms. The van der Waals surface area contributed by atoms with Gasteiger partial charge in [0.25, 0.3) is 0 Å². The van der Waals surface area contributed by atoms with Crippen LogP contribution in [0.3, 0.4) is 0 Å². The second-order valence-electron chi connectivity index (χ2n) is 5.95. The number of carbonyl (C=O) groups excluding carboxylic acids is 2. The average molecular weight is 402 g/mol. The van der Waals surface area contributed by atoms with Crippen LogP contribution in [0.1, 0.15) is 19.8 Å². The van der Waals surface area contributed by atoms with Crippen molar-refractivity contribution < 1.29 is 24.2 Å². The van der Waals surface area contributed by atoms with E-state index in [1.807, 2.05) is 6.07 Å². The molecule has 0 aliphatic carbocycles. The molecule has 148 valence electrons. The van der Waals surface area contributed by atoms with Crippen LogP contribution in [0.15, 0.2) is 53.4 Å². The minimum absolute atomic E-state index is 0.0899. The molecular weight excluding hydrogens is 380 g/mol. The zero-order valence-corrected chi connectivity index (χ0v) is 16.4. The molecule has 0 heterocycles. The van der Waals surface area contributed by atoms with E-state index in [9.17, 15) is 14.4 Å². The topological polar surface area (TPSA) is 105 Å². The van der Waals surface area contributed by atoms with E-state index in [0.717, 1.165) is 4.90 Å². The minimum atomic E-state index is -1.02. The first-order valence-electron chi connectivity index (χ1n) is 8.60. The van der Waals surface area contributed by atoms with Gasteiger partial charge in [0.15, 0.2) is 0 Å². The number of amides is 2. The van der Waals surface area contributed by atoms with Crippen molar-refractivity contribution in [3.05, 3.63) is 48.5 Å². The maximum Gasteiger partial charge on any atom is 0.303 e. The molecule has 1 atom stereocenters. The van der Waals surface area contributed by atoms with Crippen LogP contribution in [0.4, 0.5) is 11.4 Å². The van der Waals surface area contributed by atoms with Gasteiger partial charge in [0.05, 0.1) is 18.8 Å². The molecule has 1 unspecified atom stereocenters. The Bertz CT molecular complexity index is 839. The van der Waals surface area contributed by atoms with E-state index >= 15 is 0 Å². The third-order valence-electron chi connectivity index (χ3n) is 3.72. The lowest BCUT2D eigenvalue weighted by molar-refractivity contribution is -0.138. The van der Waals surface area contributed by atoms with Crippen LogP contribution >= 0.6 is 11.8 Å². The number of hydrogen-bond donors (Lipinski definition) is 3. The molecule has 0 aliphatic rings. The Morgan fingerprint density at radius 2 is 1.75 bits per heavy atom. The van der Waals surface area contributed by atoms with Gasteiger partial charge in [-0.05, 0) is 49.4 Å². The van der Waals surface area contributed by atoms with E-state index in [-0.39, 0.29) is 29.9 Å². The molecule has 28 heavy (non-hydrogen) atoms. The Morgan fingerprint density at radius 1 is 1.04 bits per heavy atom. The number of anilines is 2. The number of aliphatic carboxylic acids is 1. The summed E-state index contributed by atoms with van der Waals surface area (Å²) in [5.41, 5.74) is 1.24. The van der Waals surface area contributed by atoms with Gasteiger partial charge >= 0.3 is 5.97 Å². The Hall–Kier alpha value is -3.00. The van der Waals surface area contributed by atoms with E-state index in [4.69, 9.17) is 9.84 Å². The SMILES string of the molecule is COc1ccc(NC(=O)C(C)Sc2cccc(NC(=O)CCC(=O)O)c2)cc1. The summed E-state index contributed by atoms with van der Waals surface area (Å²) in [6, 6.07) is 14.1. The number of carboxylic acids is 1. The molecule has 0 saturated carbocycles. The van der Waals surface area contributed by atoms with Crippen molar-refractivity contribution in [2.45, 2.75) is 29.9 Å². The maximum absolute atomic E-state index is 12.4. The van der Waals surface area contributed by atoms with Crippen LogP contribution in [0.5, 0.6) is 5.75 Å². The second-order valence-corrected chi connectivity index (χ2v) is 7.36. The molecule has 7 nitrogen and oxygen atoms in total. The average Bonchev–Trinajstić information content (AvgIpc) is 2.67. The summed E-state index contributed by atoms with van der Waals surface area (Å²) < 4.78 is 5.09. The Balaban J connectivity index is 1.91. The summed E-state index contributed by atoms with van der Waals surface area (Å²) in [6.45, 7) is 1.79. The smallest absolute Gasteiger partial charge is 0.303 e. The highest BCUT2D eigenvalue weighted by Gasteiger charge is 2.15. The monoisotopic (exact) mass is 402 g/mol. The van der Waals surface area contributed by atoms with Gasteiger partial charge in [0.2, 0.25) is 11.8 Å². The van der Waals surface area contributed by atoms with E-state index in [2.05, 4.69) is 10.6 Å². The highest BCUT2D eigenvalue weighted by atomic mass is 32.2. The van der Waals surface area contributed by atoms with Crippen molar-refractivity contribution >= 4 is 40.9 Å². The lowest BCUT2D eigenvalue weighted by atomic mass is 10.2. The Kier molecular flexibility index (Phi) is 7.88. The molecule has 2 rings (SSSR count). The third-order valence-corrected chi connectivity index (χ3v) is 4.82. The summed E-state index contributed by atoms with van der Waals surface area (Å²) in [7, 11) is 1.58. The van der Waals surface area contributed by atoms with Crippen LogP contribution in [-0.2, 0) is 14.4 Å². The largest absolute Gasteiger partial charge is 0.497 e. The second kappa shape index (κ2) is 10.4. The predicted octanol–water partition coefficient (Wildman–Crippen LogP) is 3.62. The lowest BCUT2D eigenvalue weighted by Gasteiger charge is -2.13. The zero-order chi connectivity index (χ0) is 20.5. The quantitative estimate of drug-likeness (QED) is 0.554. The van der Waals surface area contributed by atoms with E-state index in [1.165, 1.54) is 11.8 Å². The highest BCUT2D eigenvalue weighted by Crippen LogP contribution is 2.27. The molecule has 0 aromatic heterocycles. The van der Waals surface area contributed by atoms with Gasteiger partial charge in [-0.25, -0.2) is 0 Å². The van der Waals surface area contributed by atoms with Crippen molar-refractivity contribution in [2.24, 2.45) is 0 Å². The predicted molar refractivity (Wildman–Crippen MR) is 109 cm³/mol. The summed E-state index contributed by atoms with van der Waals surface area (Å²) in [4.78, 5) is 35.5. The van der Waals surface area contributed by atoms with E-state index in [0.29, 0.717) is 17.1 Å². The summed E-state index contributed by atoms with van der Waals surface area (Å²) in [5, 5.41) is 13.8. The number of rotatable bonds is 9. The standard InChI is InChI=1S/C20H22N2O5S/c1-13(20(26)22-14-6-8-16(27-2)9-7-14)28-17-5-3-4-15(12-17)21-18(23)10-11-19(24)25/h3-9,12-13H,10-11H2,1-2H3,(H,21,23)(H,22,26)(H,24,25). The van der Waals surface area contributed by atoms with Gasteiger partial charge in [-0.3, -0.25) is 14.4 Å². The first-order valence-corrected chi connectivity index (χ1v) is 9.48. The summed E-state index contributed by atoms with van der Waals surface area (Å²) in [6.07, 6.45) is -0.309. The number of thioether (sulfide) groups is 1. The molecule has 0 radical (unpaired) electrons. The molecule has 0 aliphatic heterocycles. The number of ether oxygens (including phenoxy) is 1. The number of nitrogens with one attached hydrogen (secondary N) is 2. The molecule has 2 aromatic rings. The maximum atomic E-state index is 12.4. The normalized spacial score (nSPS) is 11.4. The first-order chi connectivity index (χ1) is 13.4. The van der Waals surface area contributed by atoms with Gasteiger partial charge in [-0.15, -0.1) is 11.8 Å². The van der Waals surface area contributed by atoms with E-state index in [1.54, 1.807) is 56.5 Å². The Morgan fingerprint density at radius 3 is 2.39 bits per heavy atom. The van der Waals surface area contributed by atoms with Gasteiger partial charge in [-0.2, -0.15) is 0 Å². The number of hydrogen-bond acceptors (Lipinski definition) is 5. The van der Waals surface area contributed by atoms with Gasteiger partial charge in [0, 0.05) is 22.7 Å². The van der Waals surface area contributed by atoms with Crippen LogP contribution in [-0.4, -0.2) is 35.2 Å². The van der Waals surface area contributed by atoms with Crippen LogP contribution in [0, 0.1) is 0 Å². The molecule has 0 spiro atoms. The van der Waals surface area contributed by atoms with Crippen molar-refractivity contribution in [3.8, 4) is 5.75 Å². The van der Waals surface area contributed by atoms with Crippen molar-refractivity contribution in [2.75, 3.05) is 17.7 Å². The number of methoxy groups -OCH3 is 1. The fourth-order valence-corrected chi connectivity index (χ4v) is 3.19. The molecule has 3 N–H and O–H groups in total. The Labute approximate surface area is 167 Å². The molecule has 0 saturated heterocycles. The van der Waals surface area contributed by atoms with Gasteiger partial charge < -0.3 is 20.5 Å². The molecule has 2 amide bonds. The molecule has 0 fully saturated rings. The highest BCUT2D eigenvalue weighted by molar-refractivity contribution is 8.00. The molecular formula is C20H22N2O5S. The van der Waals surface area contributed by atoms with Crippen LogP contribution in [0.2, 0.25) is 0 Å². The number of benzene rings is 2.